The first kappa shape index (κ1) is 51.1. The zero-order valence-corrected chi connectivity index (χ0v) is 35.6. The minimum atomic E-state index is -0.834. The van der Waals surface area contributed by atoms with Gasteiger partial charge >= 0.3 is 0 Å². The highest BCUT2D eigenvalue weighted by Gasteiger charge is 2.18. The zero-order valence-electron chi connectivity index (χ0n) is 35.6. The van der Waals surface area contributed by atoms with Crippen molar-refractivity contribution in [2.45, 2.75) is 283 Å². The fourth-order valence-corrected chi connectivity index (χ4v) is 7.59. The van der Waals surface area contributed by atoms with E-state index >= 15 is 0 Å². The summed E-state index contributed by atoms with van der Waals surface area (Å²) < 4.78 is 0. The summed E-state index contributed by atoms with van der Waals surface area (Å²) in [6, 6.07) is -0.616. The van der Waals surface area contributed by atoms with E-state index in [9.17, 15) is 15.0 Å². The Morgan fingerprint density at radius 1 is 0.442 bits per heavy atom. The van der Waals surface area contributed by atoms with E-state index in [0.717, 1.165) is 25.7 Å². The van der Waals surface area contributed by atoms with Crippen LogP contribution in [0.15, 0.2) is 12.2 Å². The van der Waals surface area contributed by atoms with Crippen LogP contribution in [0.2, 0.25) is 0 Å². The van der Waals surface area contributed by atoms with Crippen molar-refractivity contribution in [3.63, 3.8) is 0 Å². The molecule has 0 aliphatic heterocycles. The van der Waals surface area contributed by atoms with Crippen LogP contribution in [0.3, 0.4) is 0 Å². The topological polar surface area (TPSA) is 69.6 Å². The van der Waals surface area contributed by atoms with Crippen molar-refractivity contribution in [3.05, 3.63) is 12.2 Å². The van der Waals surface area contributed by atoms with Crippen LogP contribution >= 0.6 is 0 Å². The van der Waals surface area contributed by atoms with Crippen molar-refractivity contribution in [2.75, 3.05) is 6.61 Å². The maximum Gasteiger partial charge on any atom is 0.220 e. The van der Waals surface area contributed by atoms with Crippen molar-refractivity contribution in [2.24, 2.45) is 0 Å². The number of hydrogen-bond donors (Lipinski definition) is 3. The average Bonchev–Trinajstić information content (AvgIpc) is 3.15. The highest BCUT2D eigenvalue weighted by atomic mass is 16.3. The fraction of sp³-hybridized carbons (Fsp3) is 0.938. The Kier molecular flexibility index (Phi) is 43.8. The van der Waals surface area contributed by atoms with Gasteiger partial charge in [-0.3, -0.25) is 4.79 Å². The minimum Gasteiger partial charge on any atom is -0.394 e. The van der Waals surface area contributed by atoms with Gasteiger partial charge in [0, 0.05) is 6.42 Å². The van der Waals surface area contributed by atoms with Crippen LogP contribution in [-0.4, -0.2) is 34.9 Å². The summed E-state index contributed by atoms with van der Waals surface area (Å²) in [4.78, 5) is 12.4. The SMILES string of the molecule is CCCCCCCCCCCCCCCCCCCCCCC/C=C/C(O)C(CO)NC(=O)CCCCCCCCCCCCCCCCCCC. The molecule has 0 heterocycles. The van der Waals surface area contributed by atoms with Gasteiger partial charge in [-0.05, 0) is 19.3 Å². The molecule has 2 atom stereocenters. The maximum atomic E-state index is 12.4. The fourth-order valence-electron chi connectivity index (χ4n) is 7.59. The number of carbonyl (C=O) groups excluding carboxylic acids is 1. The first-order chi connectivity index (χ1) is 25.7. The van der Waals surface area contributed by atoms with Crippen molar-refractivity contribution >= 4 is 5.91 Å². The van der Waals surface area contributed by atoms with Crippen LogP contribution in [0.5, 0.6) is 0 Å². The summed E-state index contributed by atoms with van der Waals surface area (Å²) in [5, 5.41) is 23.1. The van der Waals surface area contributed by atoms with Gasteiger partial charge in [-0.2, -0.15) is 0 Å². The van der Waals surface area contributed by atoms with E-state index in [4.69, 9.17) is 0 Å². The smallest absolute Gasteiger partial charge is 0.220 e. The predicted octanol–water partition coefficient (Wildman–Crippen LogP) is 15.0. The molecule has 52 heavy (non-hydrogen) atoms. The molecule has 0 bridgehead atoms. The van der Waals surface area contributed by atoms with Gasteiger partial charge in [0.25, 0.3) is 0 Å². The summed E-state index contributed by atoms with van der Waals surface area (Å²) in [5.41, 5.74) is 0. The second-order valence-electron chi connectivity index (χ2n) is 16.5. The molecule has 1 amide bonds. The van der Waals surface area contributed by atoms with Crippen LogP contribution in [0, 0.1) is 0 Å². The zero-order chi connectivity index (χ0) is 37.8. The van der Waals surface area contributed by atoms with E-state index < -0.39 is 12.1 Å². The number of aliphatic hydroxyl groups is 2. The third-order valence-electron chi connectivity index (χ3n) is 11.3. The molecule has 4 nitrogen and oxygen atoms in total. The van der Waals surface area contributed by atoms with Gasteiger partial charge in [-0.1, -0.05) is 257 Å². The van der Waals surface area contributed by atoms with Gasteiger partial charge < -0.3 is 15.5 Å². The first-order valence-electron chi connectivity index (χ1n) is 23.9. The number of unbranched alkanes of at least 4 members (excludes halogenated alkanes) is 37. The lowest BCUT2D eigenvalue weighted by Gasteiger charge is -2.20. The standard InChI is InChI=1S/C48H95NO3/c1-3-5-7-9-11-13-15-17-19-21-22-23-24-25-26-28-29-31-33-35-37-39-41-43-47(51)46(45-50)49-48(52)44-42-40-38-36-34-32-30-27-20-18-16-14-12-10-8-6-4-2/h41,43,46-47,50-51H,3-40,42,44-45H2,1-2H3,(H,49,52)/b43-41+. The molecule has 0 aliphatic rings. The number of rotatable bonds is 44. The van der Waals surface area contributed by atoms with Crippen molar-refractivity contribution in [1.82, 2.24) is 5.32 Å². The Balaban J connectivity index is 3.50. The summed E-state index contributed by atoms with van der Waals surface area (Å²) in [6.07, 6.45) is 56.2. The normalized spacial score (nSPS) is 12.9. The van der Waals surface area contributed by atoms with E-state index in [0.29, 0.717) is 6.42 Å². The number of hydrogen-bond acceptors (Lipinski definition) is 3. The monoisotopic (exact) mass is 734 g/mol. The summed E-state index contributed by atoms with van der Waals surface area (Å²) >= 11 is 0. The number of nitrogens with one attached hydrogen (secondary N) is 1. The molecule has 0 aromatic rings. The molecule has 0 spiro atoms. The molecule has 2 unspecified atom stereocenters. The molecule has 0 aromatic heterocycles. The van der Waals surface area contributed by atoms with Crippen LogP contribution in [-0.2, 0) is 4.79 Å². The van der Waals surface area contributed by atoms with E-state index in [2.05, 4.69) is 19.2 Å². The van der Waals surface area contributed by atoms with E-state index in [1.807, 2.05) is 6.08 Å². The quantitative estimate of drug-likeness (QED) is 0.0431. The molecular formula is C48H95NO3. The Labute approximate surface area is 327 Å². The third kappa shape index (κ3) is 40.3. The average molecular weight is 734 g/mol. The molecule has 4 heteroatoms. The number of allylic oxidation sites excluding steroid dienone is 1. The largest absolute Gasteiger partial charge is 0.394 e. The first-order valence-corrected chi connectivity index (χ1v) is 23.9. The molecule has 0 saturated carbocycles. The molecule has 310 valence electrons. The van der Waals surface area contributed by atoms with Gasteiger partial charge in [0.1, 0.15) is 0 Å². The van der Waals surface area contributed by atoms with Crippen LogP contribution in [0.25, 0.3) is 0 Å². The number of carbonyl (C=O) groups is 1. The van der Waals surface area contributed by atoms with Crippen molar-refractivity contribution in [1.29, 1.82) is 0 Å². The second kappa shape index (κ2) is 44.5. The predicted molar refractivity (Wildman–Crippen MR) is 230 cm³/mol. The summed E-state index contributed by atoms with van der Waals surface area (Å²) in [5.74, 6) is -0.0585. The lowest BCUT2D eigenvalue weighted by atomic mass is 10.0. The molecule has 3 N–H and O–H groups in total. The van der Waals surface area contributed by atoms with Gasteiger partial charge in [-0.15, -0.1) is 0 Å². The van der Waals surface area contributed by atoms with Gasteiger partial charge in [0.2, 0.25) is 5.91 Å². The van der Waals surface area contributed by atoms with Gasteiger partial charge in [-0.25, -0.2) is 0 Å². The van der Waals surface area contributed by atoms with Crippen LogP contribution in [0.4, 0.5) is 0 Å². The Morgan fingerprint density at radius 3 is 1.00 bits per heavy atom. The Morgan fingerprint density at radius 2 is 0.712 bits per heavy atom. The van der Waals surface area contributed by atoms with Crippen molar-refractivity contribution < 1.29 is 15.0 Å². The highest BCUT2D eigenvalue weighted by Crippen LogP contribution is 2.17. The lowest BCUT2D eigenvalue weighted by molar-refractivity contribution is -0.123. The summed E-state index contributed by atoms with van der Waals surface area (Å²) in [6.45, 7) is 4.34. The molecule has 0 fully saturated rings. The van der Waals surface area contributed by atoms with Crippen molar-refractivity contribution in [3.8, 4) is 0 Å². The van der Waals surface area contributed by atoms with Crippen LogP contribution in [0.1, 0.15) is 271 Å². The summed E-state index contributed by atoms with van der Waals surface area (Å²) in [7, 11) is 0. The number of amides is 1. The minimum absolute atomic E-state index is 0.0585. The van der Waals surface area contributed by atoms with E-state index in [1.165, 1.54) is 225 Å². The maximum absolute atomic E-state index is 12.4. The third-order valence-corrected chi connectivity index (χ3v) is 11.3. The van der Waals surface area contributed by atoms with Gasteiger partial charge in [0.15, 0.2) is 0 Å². The molecular weight excluding hydrogens is 639 g/mol. The lowest BCUT2D eigenvalue weighted by Crippen LogP contribution is -2.45. The molecule has 0 aliphatic carbocycles. The Bertz CT molecular complexity index is 710. The Hall–Kier alpha value is -0.870. The second-order valence-corrected chi connectivity index (χ2v) is 16.5. The number of aliphatic hydroxyl groups excluding tert-OH is 2. The highest BCUT2D eigenvalue weighted by molar-refractivity contribution is 5.76. The molecule has 0 radical (unpaired) electrons. The van der Waals surface area contributed by atoms with E-state index in [1.54, 1.807) is 6.08 Å². The van der Waals surface area contributed by atoms with E-state index in [-0.39, 0.29) is 12.5 Å². The van der Waals surface area contributed by atoms with Gasteiger partial charge in [0.05, 0.1) is 18.8 Å². The molecule has 0 aromatic carbocycles. The molecule has 0 rings (SSSR count). The van der Waals surface area contributed by atoms with Crippen LogP contribution < -0.4 is 5.32 Å². The molecule has 0 saturated heterocycles.